The molecule has 0 aromatic rings. The van der Waals surface area contributed by atoms with Gasteiger partial charge in [-0.25, -0.2) is 0 Å². The van der Waals surface area contributed by atoms with E-state index in [9.17, 15) is 30.3 Å². The zero-order valence-electron chi connectivity index (χ0n) is 40.6. The second kappa shape index (κ2) is 44.0. The highest BCUT2D eigenvalue weighted by Gasteiger charge is 2.44. The van der Waals surface area contributed by atoms with Crippen molar-refractivity contribution in [2.24, 2.45) is 0 Å². The third-order valence-electron chi connectivity index (χ3n) is 12.4. The number of rotatable bonds is 44. The minimum absolute atomic E-state index is 0.194. The molecule has 1 aliphatic rings. The van der Waals surface area contributed by atoms with Crippen molar-refractivity contribution < 1.29 is 39.8 Å². The van der Waals surface area contributed by atoms with Crippen LogP contribution in [0.3, 0.4) is 0 Å². The summed E-state index contributed by atoms with van der Waals surface area (Å²) in [6.45, 7) is 3.75. The van der Waals surface area contributed by atoms with Gasteiger partial charge in [-0.15, -0.1) is 0 Å². The van der Waals surface area contributed by atoms with Gasteiger partial charge in [0.2, 0.25) is 5.91 Å². The van der Waals surface area contributed by atoms with Crippen LogP contribution >= 0.6 is 0 Å². The summed E-state index contributed by atoms with van der Waals surface area (Å²) in [7, 11) is 0. The molecule has 1 amide bonds. The first kappa shape index (κ1) is 59.2. The summed E-state index contributed by atoms with van der Waals surface area (Å²) in [5, 5.41) is 54.3. The minimum atomic E-state index is -1.58. The molecule has 0 aromatic heterocycles. The van der Waals surface area contributed by atoms with E-state index >= 15 is 0 Å². The molecule has 9 nitrogen and oxygen atoms in total. The summed E-state index contributed by atoms with van der Waals surface area (Å²) >= 11 is 0. The predicted octanol–water partition coefficient (Wildman–Crippen LogP) is 12.2. The van der Waals surface area contributed by atoms with Gasteiger partial charge in [-0.2, -0.15) is 0 Å². The monoisotopic (exact) mass is 890 g/mol. The van der Waals surface area contributed by atoms with Crippen LogP contribution in [0.2, 0.25) is 0 Å². The molecule has 368 valence electrons. The number of nitrogens with one attached hydrogen (secondary N) is 1. The predicted molar refractivity (Wildman–Crippen MR) is 263 cm³/mol. The first-order valence-corrected chi connectivity index (χ1v) is 26.4. The summed E-state index contributed by atoms with van der Waals surface area (Å²) < 4.78 is 11.2. The molecule has 1 saturated heterocycles. The van der Waals surface area contributed by atoms with Gasteiger partial charge in [0.25, 0.3) is 0 Å². The Morgan fingerprint density at radius 2 is 0.905 bits per heavy atom. The minimum Gasteiger partial charge on any atom is -0.394 e. The van der Waals surface area contributed by atoms with E-state index in [1.165, 1.54) is 161 Å². The van der Waals surface area contributed by atoms with Crippen LogP contribution in [0.1, 0.15) is 232 Å². The summed E-state index contributed by atoms with van der Waals surface area (Å²) in [5.41, 5.74) is 0. The third kappa shape index (κ3) is 34.2. The van der Waals surface area contributed by atoms with E-state index in [1.54, 1.807) is 6.08 Å². The Kier molecular flexibility index (Phi) is 41.3. The maximum absolute atomic E-state index is 13.0. The Hall–Kier alpha value is -1.85. The van der Waals surface area contributed by atoms with Crippen LogP contribution < -0.4 is 5.32 Å². The van der Waals surface area contributed by atoms with Crippen LogP contribution in [0.25, 0.3) is 0 Å². The second-order valence-corrected chi connectivity index (χ2v) is 18.3. The molecule has 63 heavy (non-hydrogen) atoms. The SMILES string of the molecule is CCCCCCCC/C=C/CC/C=C/CC/C=C/C(O)C(COC1OC(CO)C(O)C(O)C1O)NC(=O)CCCCCCCCCC/C=C\CCCCCCCCCCCCCC. The number of carbonyl (C=O) groups is 1. The lowest BCUT2D eigenvalue weighted by molar-refractivity contribution is -0.302. The molecular weight excluding hydrogens is 791 g/mol. The lowest BCUT2D eigenvalue weighted by Crippen LogP contribution is -2.60. The van der Waals surface area contributed by atoms with Crippen LogP contribution in [0, 0.1) is 0 Å². The van der Waals surface area contributed by atoms with Crippen molar-refractivity contribution in [1.29, 1.82) is 0 Å². The lowest BCUT2D eigenvalue weighted by Gasteiger charge is -2.40. The molecule has 1 rings (SSSR count). The van der Waals surface area contributed by atoms with Gasteiger partial charge in [0.05, 0.1) is 25.4 Å². The molecule has 0 radical (unpaired) electrons. The Labute approximate surface area is 386 Å². The number of carbonyl (C=O) groups excluding carboxylic acids is 1. The lowest BCUT2D eigenvalue weighted by atomic mass is 9.99. The standard InChI is InChI=1S/C54H99NO8/c1-3-5-7-9-11-13-15-17-19-21-22-23-24-25-26-27-28-30-32-34-36-38-40-42-44-50(58)55-47(46-62-54-53(61)52(60)51(59)49(45-56)63-54)48(57)43-41-39-37-35-33-31-29-20-18-16-14-12-10-8-6-4-2/h18,20,25-26,33,35,41,43,47-49,51-54,56-57,59-61H,3-17,19,21-24,27-32,34,36-40,42,44-46H2,1-2H3,(H,55,58)/b20-18+,26-25-,35-33+,43-41+. The Balaban J connectivity index is 2.29. The fourth-order valence-electron chi connectivity index (χ4n) is 8.12. The first-order valence-electron chi connectivity index (χ1n) is 26.4. The van der Waals surface area contributed by atoms with Gasteiger partial charge in [0.15, 0.2) is 6.29 Å². The van der Waals surface area contributed by atoms with Gasteiger partial charge in [-0.1, -0.05) is 204 Å². The maximum Gasteiger partial charge on any atom is 0.220 e. The number of allylic oxidation sites excluding steroid dienone is 7. The van der Waals surface area contributed by atoms with Crippen LogP contribution in [0.5, 0.6) is 0 Å². The van der Waals surface area contributed by atoms with Crippen molar-refractivity contribution in [1.82, 2.24) is 5.32 Å². The van der Waals surface area contributed by atoms with E-state index in [0.29, 0.717) is 6.42 Å². The van der Waals surface area contributed by atoms with Crippen LogP contribution in [0.15, 0.2) is 48.6 Å². The second-order valence-electron chi connectivity index (χ2n) is 18.3. The first-order chi connectivity index (χ1) is 30.8. The number of hydrogen-bond acceptors (Lipinski definition) is 8. The number of aliphatic hydroxyl groups is 5. The summed E-state index contributed by atoms with van der Waals surface area (Å²) in [6.07, 6.45) is 50.2. The van der Waals surface area contributed by atoms with Crippen LogP contribution in [0.4, 0.5) is 0 Å². The summed E-state index contributed by atoms with van der Waals surface area (Å²) in [5.74, 6) is -0.194. The molecule has 1 fully saturated rings. The molecule has 1 heterocycles. The molecule has 0 spiro atoms. The van der Waals surface area contributed by atoms with Gasteiger partial charge in [0.1, 0.15) is 24.4 Å². The number of aliphatic hydroxyl groups excluding tert-OH is 5. The molecule has 0 saturated carbocycles. The molecule has 7 atom stereocenters. The zero-order chi connectivity index (χ0) is 45.9. The molecule has 0 aliphatic carbocycles. The average Bonchev–Trinajstić information content (AvgIpc) is 3.28. The van der Waals surface area contributed by atoms with E-state index in [1.807, 2.05) is 6.08 Å². The maximum atomic E-state index is 13.0. The Morgan fingerprint density at radius 3 is 1.33 bits per heavy atom. The van der Waals surface area contributed by atoms with Crippen molar-refractivity contribution in [2.45, 2.75) is 275 Å². The van der Waals surface area contributed by atoms with E-state index in [-0.39, 0.29) is 12.5 Å². The fourth-order valence-corrected chi connectivity index (χ4v) is 8.12. The van der Waals surface area contributed by atoms with Crippen molar-refractivity contribution in [3.63, 3.8) is 0 Å². The highest BCUT2D eigenvalue weighted by Crippen LogP contribution is 2.23. The smallest absolute Gasteiger partial charge is 0.220 e. The molecule has 9 heteroatoms. The van der Waals surface area contributed by atoms with E-state index in [4.69, 9.17) is 9.47 Å². The largest absolute Gasteiger partial charge is 0.394 e. The zero-order valence-corrected chi connectivity index (χ0v) is 40.6. The van der Waals surface area contributed by atoms with Gasteiger partial charge in [-0.3, -0.25) is 4.79 Å². The third-order valence-corrected chi connectivity index (χ3v) is 12.4. The van der Waals surface area contributed by atoms with Crippen molar-refractivity contribution in [3.05, 3.63) is 48.6 Å². The van der Waals surface area contributed by atoms with E-state index < -0.39 is 49.5 Å². The van der Waals surface area contributed by atoms with Crippen molar-refractivity contribution >= 4 is 5.91 Å². The van der Waals surface area contributed by atoms with Gasteiger partial charge < -0.3 is 40.3 Å². The van der Waals surface area contributed by atoms with Gasteiger partial charge >= 0.3 is 0 Å². The van der Waals surface area contributed by atoms with Crippen molar-refractivity contribution in [2.75, 3.05) is 13.2 Å². The highest BCUT2D eigenvalue weighted by molar-refractivity contribution is 5.76. The van der Waals surface area contributed by atoms with Crippen LogP contribution in [-0.4, -0.2) is 87.5 Å². The number of amides is 1. The number of hydrogen-bond donors (Lipinski definition) is 6. The Morgan fingerprint density at radius 1 is 0.524 bits per heavy atom. The average molecular weight is 890 g/mol. The fraction of sp³-hybridized carbons (Fsp3) is 0.833. The van der Waals surface area contributed by atoms with Crippen molar-refractivity contribution in [3.8, 4) is 0 Å². The van der Waals surface area contributed by atoms with E-state index in [2.05, 4.69) is 55.6 Å². The molecule has 6 N–H and O–H groups in total. The molecule has 0 aromatic carbocycles. The normalized spacial score (nSPS) is 20.5. The van der Waals surface area contributed by atoms with Crippen LogP contribution in [-0.2, 0) is 14.3 Å². The quantitative estimate of drug-likeness (QED) is 0.0262. The Bertz CT molecular complexity index is 1130. The summed E-state index contributed by atoms with van der Waals surface area (Å²) in [4.78, 5) is 13.0. The van der Waals surface area contributed by atoms with E-state index in [0.717, 1.165) is 51.4 Å². The molecule has 7 unspecified atom stereocenters. The molecular formula is C54H99NO8. The highest BCUT2D eigenvalue weighted by atomic mass is 16.7. The van der Waals surface area contributed by atoms with Gasteiger partial charge in [-0.05, 0) is 70.6 Å². The number of unbranched alkanes of at least 4 members (excludes halogenated alkanes) is 28. The topological polar surface area (TPSA) is 149 Å². The molecule has 0 bridgehead atoms. The molecule has 1 aliphatic heterocycles. The number of ether oxygens (including phenoxy) is 2. The summed E-state index contributed by atoms with van der Waals surface area (Å²) in [6, 6.07) is -0.830. The van der Waals surface area contributed by atoms with Gasteiger partial charge in [0, 0.05) is 6.42 Å².